The number of carbonyl (C=O) groups excluding carboxylic acids is 1. The van der Waals surface area contributed by atoms with Gasteiger partial charge in [0, 0.05) is 68.2 Å². The molecule has 34 heavy (non-hydrogen) atoms. The van der Waals surface area contributed by atoms with E-state index < -0.39 is 0 Å². The van der Waals surface area contributed by atoms with Crippen LogP contribution in [-0.2, 0) is 16.6 Å². The second kappa shape index (κ2) is 9.15. The first kappa shape index (κ1) is 21.9. The molecule has 8 nitrogen and oxygen atoms in total. The van der Waals surface area contributed by atoms with Crippen LogP contribution in [0.4, 0.5) is 5.69 Å². The molecule has 4 aromatic rings. The lowest BCUT2D eigenvalue weighted by molar-refractivity contribution is -0.114. The van der Waals surface area contributed by atoms with Crippen LogP contribution in [0.1, 0.15) is 31.5 Å². The van der Waals surface area contributed by atoms with E-state index in [1.807, 2.05) is 24.3 Å². The van der Waals surface area contributed by atoms with Crippen molar-refractivity contribution < 1.29 is 14.3 Å². The van der Waals surface area contributed by atoms with Crippen LogP contribution in [0.15, 0.2) is 59.5 Å². The number of carbonyl (C=O) groups is 1. The van der Waals surface area contributed by atoms with Crippen molar-refractivity contribution in [2.24, 2.45) is 7.05 Å². The van der Waals surface area contributed by atoms with E-state index >= 15 is 0 Å². The minimum atomic E-state index is -0.154. The summed E-state index contributed by atoms with van der Waals surface area (Å²) < 4.78 is 13.5. The lowest BCUT2D eigenvalue weighted by atomic mass is 10.00. The number of anilines is 1. The molecule has 2 aromatic heterocycles. The highest BCUT2D eigenvalue weighted by Gasteiger charge is 2.22. The molecule has 174 valence electrons. The molecule has 5 rings (SSSR count). The standard InChI is InChI=1S/C26H26N4O4/c1-16(31)27-19-4-3-5-20(14-19)34-25-21(18-6-9-23(32)30(2)15-18)7-8-22-24(25)29-26(28-22)17-10-12-33-13-11-17/h3-9,14-15,17H,10-13H2,1-2H3,(H,27,31)(H,28,29). The highest BCUT2D eigenvalue weighted by atomic mass is 16.5. The Kier molecular flexibility index (Phi) is 5.90. The highest BCUT2D eigenvalue weighted by Crippen LogP contribution is 2.40. The minimum absolute atomic E-state index is 0.0862. The van der Waals surface area contributed by atoms with E-state index in [9.17, 15) is 9.59 Å². The summed E-state index contributed by atoms with van der Waals surface area (Å²) >= 11 is 0. The normalized spacial score (nSPS) is 14.3. The fourth-order valence-electron chi connectivity index (χ4n) is 4.28. The molecule has 1 aliphatic rings. The summed E-state index contributed by atoms with van der Waals surface area (Å²) in [6.07, 6.45) is 3.63. The maximum Gasteiger partial charge on any atom is 0.250 e. The predicted octanol–water partition coefficient (Wildman–Crippen LogP) is 4.57. The smallest absolute Gasteiger partial charge is 0.250 e. The van der Waals surface area contributed by atoms with Crippen LogP contribution in [0.25, 0.3) is 22.2 Å². The van der Waals surface area contributed by atoms with E-state index in [1.165, 1.54) is 6.92 Å². The molecule has 1 saturated heterocycles. The van der Waals surface area contributed by atoms with Gasteiger partial charge in [-0.2, -0.15) is 0 Å². The Morgan fingerprint density at radius 2 is 2.00 bits per heavy atom. The van der Waals surface area contributed by atoms with Gasteiger partial charge < -0.3 is 24.3 Å². The van der Waals surface area contributed by atoms with E-state index in [0.717, 1.165) is 54.0 Å². The number of H-pyrrole nitrogens is 1. The number of ether oxygens (including phenoxy) is 2. The van der Waals surface area contributed by atoms with Gasteiger partial charge in [0.05, 0.1) is 5.52 Å². The third kappa shape index (κ3) is 4.45. The monoisotopic (exact) mass is 458 g/mol. The maximum atomic E-state index is 12.0. The lowest BCUT2D eigenvalue weighted by Crippen LogP contribution is -2.15. The van der Waals surface area contributed by atoms with Crippen LogP contribution >= 0.6 is 0 Å². The highest BCUT2D eigenvalue weighted by molar-refractivity contribution is 5.91. The summed E-state index contributed by atoms with van der Waals surface area (Å²) in [7, 11) is 1.72. The van der Waals surface area contributed by atoms with Crippen molar-refractivity contribution in [3.8, 4) is 22.6 Å². The number of aromatic amines is 1. The summed E-state index contributed by atoms with van der Waals surface area (Å²) in [6, 6.07) is 14.5. The molecule has 0 aliphatic carbocycles. The molecule has 0 bridgehead atoms. The van der Waals surface area contributed by atoms with Crippen LogP contribution in [0, 0.1) is 0 Å². The third-order valence-corrected chi connectivity index (χ3v) is 6.01. The minimum Gasteiger partial charge on any atom is -0.454 e. The van der Waals surface area contributed by atoms with Gasteiger partial charge in [-0.05, 0) is 43.2 Å². The molecule has 0 unspecified atom stereocenters. The number of amides is 1. The summed E-state index contributed by atoms with van der Waals surface area (Å²) in [5.74, 6) is 2.23. The van der Waals surface area contributed by atoms with Crippen molar-refractivity contribution in [3.05, 3.63) is 70.9 Å². The van der Waals surface area contributed by atoms with Gasteiger partial charge in [0.25, 0.3) is 0 Å². The zero-order valence-electron chi connectivity index (χ0n) is 19.1. The Hall–Kier alpha value is -3.91. The first-order valence-electron chi connectivity index (χ1n) is 11.3. The van der Waals surface area contributed by atoms with Gasteiger partial charge in [0.1, 0.15) is 17.1 Å². The summed E-state index contributed by atoms with van der Waals surface area (Å²) in [4.78, 5) is 31.9. The first-order valence-corrected chi connectivity index (χ1v) is 11.3. The van der Waals surface area contributed by atoms with E-state index in [-0.39, 0.29) is 11.5 Å². The molecule has 3 heterocycles. The van der Waals surface area contributed by atoms with Crippen LogP contribution in [0.5, 0.6) is 11.5 Å². The quantitative estimate of drug-likeness (QED) is 0.456. The lowest BCUT2D eigenvalue weighted by Gasteiger charge is -2.19. The fraction of sp³-hybridized carbons (Fsp3) is 0.269. The van der Waals surface area contributed by atoms with Gasteiger partial charge in [-0.15, -0.1) is 0 Å². The van der Waals surface area contributed by atoms with Crippen LogP contribution in [-0.4, -0.2) is 33.7 Å². The van der Waals surface area contributed by atoms with Crippen LogP contribution < -0.4 is 15.6 Å². The molecule has 2 aromatic carbocycles. The van der Waals surface area contributed by atoms with Gasteiger partial charge in [0.2, 0.25) is 11.5 Å². The first-order chi connectivity index (χ1) is 16.5. The molecule has 1 aliphatic heterocycles. The number of aromatic nitrogens is 3. The van der Waals surface area contributed by atoms with Crippen molar-refractivity contribution in [1.29, 1.82) is 0 Å². The number of imidazole rings is 1. The Bertz CT molecular complexity index is 1420. The van der Waals surface area contributed by atoms with Crippen LogP contribution in [0.2, 0.25) is 0 Å². The maximum absolute atomic E-state index is 12.0. The van der Waals surface area contributed by atoms with E-state index in [2.05, 4.69) is 10.3 Å². The van der Waals surface area contributed by atoms with Crippen molar-refractivity contribution in [3.63, 3.8) is 0 Å². The molecular formula is C26H26N4O4. The van der Waals surface area contributed by atoms with Gasteiger partial charge in [0.15, 0.2) is 5.75 Å². The number of hydrogen-bond acceptors (Lipinski definition) is 5. The molecule has 2 N–H and O–H groups in total. The Labute approximate surface area is 196 Å². The number of aryl methyl sites for hydroxylation is 1. The van der Waals surface area contributed by atoms with Gasteiger partial charge >= 0.3 is 0 Å². The second-order valence-electron chi connectivity index (χ2n) is 8.53. The summed E-state index contributed by atoms with van der Waals surface area (Å²) in [5, 5.41) is 2.78. The van der Waals surface area contributed by atoms with Crippen LogP contribution in [0.3, 0.4) is 0 Å². The Morgan fingerprint density at radius 1 is 1.18 bits per heavy atom. The molecule has 0 spiro atoms. The number of benzene rings is 2. The number of nitrogens with one attached hydrogen (secondary N) is 2. The number of fused-ring (bicyclic) bond motifs is 1. The molecule has 0 radical (unpaired) electrons. The van der Waals surface area contributed by atoms with Crippen molar-refractivity contribution >= 4 is 22.6 Å². The van der Waals surface area contributed by atoms with Gasteiger partial charge in [-0.3, -0.25) is 9.59 Å². The van der Waals surface area contributed by atoms with E-state index in [0.29, 0.717) is 23.1 Å². The number of pyridine rings is 1. The number of rotatable bonds is 5. The zero-order chi connectivity index (χ0) is 23.7. The summed E-state index contributed by atoms with van der Waals surface area (Å²) in [6.45, 7) is 2.92. The molecule has 1 fully saturated rings. The molecule has 0 saturated carbocycles. The fourth-order valence-corrected chi connectivity index (χ4v) is 4.28. The van der Waals surface area contributed by atoms with Crippen molar-refractivity contribution in [1.82, 2.24) is 14.5 Å². The van der Waals surface area contributed by atoms with E-state index in [1.54, 1.807) is 42.1 Å². The second-order valence-corrected chi connectivity index (χ2v) is 8.53. The molecule has 0 atom stereocenters. The number of nitrogens with zero attached hydrogens (tertiary/aromatic N) is 2. The van der Waals surface area contributed by atoms with Gasteiger partial charge in [-0.25, -0.2) is 4.98 Å². The molecule has 8 heteroatoms. The average molecular weight is 459 g/mol. The molecule has 1 amide bonds. The Balaban J connectivity index is 1.63. The number of hydrogen-bond donors (Lipinski definition) is 2. The predicted molar refractivity (Wildman–Crippen MR) is 130 cm³/mol. The average Bonchev–Trinajstić information content (AvgIpc) is 3.27. The molecular weight excluding hydrogens is 432 g/mol. The topological polar surface area (TPSA) is 98.2 Å². The largest absolute Gasteiger partial charge is 0.454 e. The summed E-state index contributed by atoms with van der Waals surface area (Å²) in [5.41, 5.74) is 3.81. The Morgan fingerprint density at radius 3 is 2.76 bits per heavy atom. The van der Waals surface area contributed by atoms with Crippen molar-refractivity contribution in [2.45, 2.75) is 25.7 Å². The third-order valence-electron chi connectivity index (χ3n) is 6.01. The van der Waals surface area contributed by atoms with Crippen molar-refractivity contribution in [2.75, 3.05) is 18.5 Å². The zero-order valence-corrected chi connectivity index (χ0v) is 19.1. The van der Waals surface area contributed by atoms with Gasteiger partial charge in [-0.1, -0.05) is 6.07 Å². The SMILES string of the molecule is CC(=O)Nc1cccc(Oc2c(-c3ccc(=O)n(C)c3)ccc3[nH]c(C4CCOCC4)nc23)c1. The van der Waals surface area contributed by atoms with E-state index in [4.69, 9.17) is 14.5 Å².